The molecule has 0 amide bonds. The van der Waals surface area contributed by atoms with E-state index in [4.69, 9.17) is 86.6 Å². The third-order valence-electron chi connectivity index (χ3n) is 11.2. The van der Waals surface area contributed by atoms with E-state index in [2.05, 4.69) is 0 Å². The fourth-order valence-electron chi connectivity index (χ4n) is 8.23. The molecule has 11 rings (SSSR count). The highest BCUT2D eigenvalue weighted by Gasteiger charge is 2.23. The molecule has 4 heterocycles. The van der Waals surface area contributed by atoms with Gasteiger partial charge in [-0.25, -0.2) is 15.0 Å². The van der Waals surface area contributed by atoms with Gasteiger partial charge < -0.3 is 13.4 Å². The van der Waals surface area contributed by atoms with E-state index in [9.17, 15) is 0 Å². The third kappa shape index (κ3) is 5.21. The van der Waals surface area contributed by atoms with Crippen molar-refractivity contribution in [3.63, 3.8) is 0 Å². The van der Waals surface area contributed by atoms with Crippen molar-refractivity contribution in [2.75, 3.05) is 0 Å². The van der Waals surface area contributed by atoms with Crippen LogP contribution in [0, 0.1) is 0 Å². The maximum absolute atomic E-state index is 6.68. The molecule has 0 N–H and O–H groups in total. The van der Waals surface area contributed by atoms with Gasteiger partial charge in [0.15, 0.2) is 17.5 Å². The van der Waals surface area contributed by atoms with Crippen molar-refractivity contribution in [1.29, 1.82) is 0 Å². The standard InChI is InChI=1S/C45H18B8N4O2/c46-33-31-32-34(47)36(49)38(51)40(53)42(32)57(41(31)39(52)37(50)35(33)48)22-12-15-26-25-14-11-21(17-29(25)59-30(26)18-22)45-55-43(19-6-2-1-3-7-19)54-44(56-45)20-10-13-24-23-8-4-5-9-27(23)58-28(24)16-20/h1-18H. The normalized spacial score (nSPS) is 11.9. The molecule has 0 saturated heterocycles. The van der Waals surface area contributed by atoms with Crippen molar-refractivity contribution < 1.29 is 8.83 Å². The summed E-state index contributed by atoms with van der Waals surface area (Å²) in [6, 6.07) is 35.4. The van der Waals surface area contributed by atoms with E-state index in [1.54, 1.807) is 0 Å². The van der Waals surface area contributed by atoms with Gasteiger partial charge in [-0.3, -0.25) is 0 Å². The number of aromatic nitrogens is 4. The molecule has 0 atom stereocenters. The van der Waals surface area contributed by atoms with E-state index in [0.29, 0.717) is 56.1 Å². The Hall–Kier alpha value is -6.53. The van der Waals surface area contributed by atoms with E-state index in [-0.39, 0.29) is 43.7 Å². The molecule has 0 bridgehead atoms. The second-order valence-electron chi connectivity index (χ2n) is 14.6. The molecule has 0 fully saturated rings. The molecule has 4 aromatic heterocycles. The highest BCUT2D eigenvalue weighted by atomic mass is 16.3. The van der Waals surface area contributed by atoms with Crippen molar-refractivity contribution >= 4 is 172 Å². The topological polar surface area (TPSA) is 69.9 Å². The average molecular weight is 733 g/mol. The van der Waals surface area contributed by atoms with Crippen molar-refractivity contribution in [3.05, 3.63) is 109 Å². The lowest BCUT2D eigenvalue weighted by atomic mass is 9.63. The summed E-state index contributed by atoms with van der Waals surface area (Å²) in [5.74, 6) is 1.50. The summed E-state index contributed by atoms with van der Waals surface area (Å²) < 4.78 is 14.6. The van der Waals surface area contributed by atoms with Gasteiger partial charge in [0.1, 0.15) is 85.1 Å². The number of furan rings is 2. The lowest BCUT2D eigenvalue weighted by Gasteiger charge is -2.17. The quantitative estimate of drug-likeness (QED) is 0.260. The fourth-order valence-corrected chi connectivity index (χ4v) is 8.23. The average Bonchev–Trinajstić information content (AvgIpc) is 3.95. The lowest BCUT2D eigenvalue weighted by molar-refractivity contribution is 0.668. The highest BCUT2D eigenvalue weighted by molar-refractivity contribution is 6.71. The van der Waals surface area contributed by atoms with Crippen LogP contribution < -0.4 is 43.7 Å². The van der Waals surface area contributed by atoms with Crippen molar-refractivity contribution in [1.82, 2.24) is 19.5 Å². The summed E-state index contributed by atoms with van der Waals surface area (Å²) >= 11 is 0. The zero-order chi connectivity index (χ0) is 40.4. The van der Waals surface area contributed by atoms with Crippen molar-refractivity contribution in [3.8, 4) is 39.9 Å². The summed E-state index contributed by atoms with van der Waals surface area (Å²) in [4.78, 5) is 14.9. The van der Waals surface area contributed by atoms with Crippen LogP contribution >= 0.6 is 0 Å². The van der Waals surface area contributed by atoms with Crippen LogP contribution in [0.5, 0.6) is 0 Å². The maximum atomic E-state index is 6.68. The molecule has 0 aliphatic carbocycles. The summed E-state index contributed by atoms with van der Waals surface area (Å²) in [5.41, 5.74) is 7.91. The van der Waals surface area contributed by atoms with E-state index < -0.39 is 0 Å². The van der Waals surface area contributed by atoms with Crippen LogP contribution in [0.15, 0.2) is 118 Å². The number of fused-ring (bicyclic) bond motifs is 9. The summed E-state index contributed by atoms with van der Waals surface area (Å²) in [6.07, 6.45) is 0. The van der Waals surface area contributed by atoms with Crippen LogP contribution in [-0.2, 0) is 0 Å². The Morgan fingerprint density at radius 2 is 0.780 bits per heavy atom. The van der Waals surface area contributed by atoms with Crippen LogP contribution in [0.4, 0.5) is 0 Å². The monoisotopic (exact) mass is 734 g/mol. The first-order valence-electron chi connectivity index (χ1n) is 18.6. The van der Waals surface area contributed by atoms with Crippen molar-refractivity contribution in [2.45, 2.75) is 0 Å². The number of hydrogen-bond acceptors (Lipinski definition) is 5. The molecular formula is C45H18B8N4O2. The summed E-state index contributed by atoms with van der Waals surface area (Å²) in [6.45, 7) is 0. The Bertz CT molecular complexity index is 3540. The van der Waals surface area contributed by atoms with Gasteiger partial charge >= 0.3 is 0 Å². The van der Waals surface area contributed by atoms with Crippen LogP contribution in [0.2, 0.25) is 0 Å². The minimum atomic E-state index is 0.124. The molecular weight excluding hydrogens is 715 g/mol. The van der Waals surface area contributed by atoms with Gasteiger partial charge in [-0.1, -0.05) is 82.5 Å². The van der Waals surface area contributed by atoms with Gasteiger partial charge in [0.05, 0.1) is 0 Å². The first-order chi connectivity index (χ1) is 28.6. The van der Waals surface area contributed by atoms with Crippen LogP contribution in [0.25, 0.3) is 106 Å². The first-order valence-corrected chi connectivity index (χ1v) is 18.6. The SMILES string of the molecule is [B]c1c([B])c([B])c2c(c1[B])c1c([B])c([B])c([B])c([B])c1n2-c1ccc2c(c1)oc1cc(-c3nc(-c4ccccc4)nc(-c4ccc5c(c4)oc4ccccc45)n3)ccc12. The number of benzene rings is 7. The van der Waals surface area contributed by atoms with Gasteiger partial charge in [0.2, 0.25) is 0 Å². The number of nitrogens with zero attached hydrogens (tertiary/aromatic N) is 4. The van der Waals surface area contributed by atoms with Crippen LogP contribution in [0.1, 0.15) is 0 Å². The molecule has 254 valence electrons. The first kappa shape index (κ1) is 35.6. The highest BCUT2D eigenvalue weighted by Crippen LogP contribution is 2.36. The predicted molar refractivity (Wildman–Crippen MR) is 248 cm³/mol. The second-order valence-corrected chi connectivity index (χ2v) is 14.6. The number of para-hydroxylation sites is 1. The lowest BCUT2D eigenvalue weighted by Crippen LogP contribution is -2.49. The van der Waals surface area contributed by atoms with Gasteiger partial charge in [0, 0.05) is 61.0 Å². The molecule has 7 aromatic carbocycles. The summed E-state index contributed by atoms with van der Waals surface area (Å²) in [5, 5.41) is 4.72. The Morgan fingerprint density at radius 3 is 1.34 bits per heavy atom. The Balaban J connectivity index is 1.08. The zero-order valence-electron chi connectivity index (χ0n) is 31.1. The van der Waals surface area contributed by atoms with Crippen molar-refractivity contribution in [2.24, 2.45) is 0 Å². The molecule has 14 heteroatoms. The Morgan fingerprint density at radius 1 is 0.356 bits per heavy atom. The minimum Gasteiger partial charge on any atom is -0.456 e. The molecule has 0 aliphatic rings. The van der Waals surface area contributed by atoms with E-state index >= 15 is 0 Å². The molecule has 59 heavy (non-hydrogen) atoms. The van der Waals surface area contributed by atoms with Gasteiger partial charge in [-0.15, -0.1) is 21.9 Å². The van der Waals surface area contributed by atoms with E-state index in [1.165, 1.54) is 0 Å². The summed E-state index contributed by atoms with van der Waals surface area (Å²) in [7, 11) is 52.0. The second kappa shape index (κ2) is 13.0. The minimum absolute atomic E-state index is 0.124. The predicted octanol–water partition coefficient (Wildman–Crippen LogP) is 2.12. The van der Waals surface area contributed by atoms with Crippen LogP contribution in [-0.4, -0.2) is 82.3 Å². The Labute approximate surface area is 348 Å². The molecule has 6 nitrogen and oxygen atoms in total. The molecule has 16 radical (unpaired) electrons. The maximum Gasteiger partial charge on any atom is 0.164 e. The smallest absolute Gasteiger partial charge is 0.164 e. The van der Waals surface area contributed by atoms with Gasteiger partial charge in [0.25, 0.3) is 0 Å². The molecule has 0 unspecified atom stereocenters. The zero-order valence-corrected chi connectivity index (χ0v) is 31.1. The molecule has 11 aromatic rings. The molecule has 0 aliphatic heterocycles. The largest absolute Gasteiger partial charge is 0.456 e. The third-order valence-corrected chi connectivity index (χ3v) is 11.2. The fraction of sp³-hybridized carbons (Fsp3) is 0. The van der Waals surface area contributed by atoms with E-state index in [1.807, 2.05) is 114 Å². The van der Waals surface area contributed by atoms with Gasteiger partial charge in [-0.05, 0) is 53.2 Å². The molecule has 0 saturated carbocycles. The number of hydrogen-bond donors (Lipinski definition) is 0. The number of rotatable bonds is 4. The molecule has 0 spiro atoms. The Kier molecular flexibility index (Phi) is 7.84. The van der Waals surface area contributed by atoms with Gasteiger partial charge in [-0.2, -0.15) is 0 Å². The van der Waals surface area contributed by atoms with Crippen LogP contribution in [0.3, 0.4) is 0 Å². The van der Waals surface area contributed by atoms with E-state index in [0.717, 1.165) is 49.4 Å².